The van der Waals surface area contributed by atoms with Crippen LogP contribution in [0.2, 0.25) is 0 Å². The van der Waals surface area contributed by atoms with Crippen molar-refractivity contribution in [3.05, 3.63) is 93.7 Å². The van der Waals surface area contributed by atoms with Gasteiger partial charge in [0.25, 0.3) is 0 Å². The number of methoxy groups -OCH3 is 1. The second-order valence-electron chi connectivity index (χ2n) is 7.96. The zero-order valence-electron chi connectivity index (χ0n) is 19.1. The normalized spacial score (nSPS) is 11.3. The fourth-order valence-corrected chi connectivity index (χ4v) is 4.77. The zero-order valence-corrected chi connectivity index (χ0v) is 19.9. The topological polar surface area (TPSA) is 83.3 Å². The molecule has 8 heteroatoms. The molecule has 0 aliphatic carbocycles. The molecule has 0 saturated carbocycles. The number of thioether (sulfide) groups is 1. The highest BCUT2D eigenvalue weighted by atomic mass is 32.2. The lowest BCUT2D eigenvalue weighted by Gasteiger charge is -2.11. The molecule has 0 atom stereocenters. The van der Waals surface area contributed by atoms with Crippen LogP contribution >= 0.6 is 11.8 Å². The second-order valence-corrected chi connectivity index (χ2v) is 8.91. The highest BCUT2D eigenvalue weighted by Gasteiger charge is 2.17. The predicted molar refractivity (Wildman–Crippen MR) is 131 cm³/mol. The summed E-state index contributed by atoms with van der Waals surface area (Å²) < 4.78 is 18.4. The van der Waals surface area contributed by atoms with Gasteiger partial charge >= 0.3 is 5.63 Å². The van der Waals surface area contributed by atoms with Gasteiger partial charge in [-0.25, -0.2) is 4.79 Å². The molecule has 2 aromatic carbocycles. The molecular weight excluding hydrogens is 450 g/mol. The lowest BCUT2D eigenvalue weighted by atomic mass is 10.0. The highest BCUT2D eigenvalue weighted by molar-refractivity contribution is 7.98. The zero-order chi connectivity index (χ0) is 23.7. The van der Waals surface area contributed by atoms with Gasteiger partial charge in [0.1, 0.15) is 17.1 Å². The van der Waals surface area contributed by atoms with Crippen LogP contribution in [0.5, 0.6) is 5.75 Å². The van der Waals surface area contributed by atoms with Gasteiger partial charge in [0, 0.05) is 22.8 Å². The Morgan fingerprint density at radius 3 is 2.62 bits per heavy atom. The standard InChI is InChI=1S/C26H23N3O4S/c1-16-6-11-22-19(13-23(30)33-24(22)17(16)2)15-34-26-28-27-25(18-7-9-20(31-3)10-8-18)29(26)14-21-5-4-12-32-21/h4-13H,14-15H2,1-3H3. The number of aromatic nitrogens is 3. The van der Waals surface area contributed by atoms with Gasteiger partial charge in [0.05, 0.1) is 19.9 Å². The molecule has 172 valence electrons. The minimum Gasteiger partial charge on any atom is -0.497 e. The van der Waals surface area contributed by atoms with Gasteiger partial charge in [-0.15, -0.1) is 10.2 Å². The van der Waals surface area contributed by atoms with Crippen molar-refractivity contribution in [2.24, 2.45) is 0 Å². The third-order valence-corrected chi connectivity index (χ3v) is 6.85. The molecule has 3 aromatic heterocycles. The van der Waals surface area contributed by atoms with Crippen LogP contribution in [0.4, 0.5) is 0 Å². The number of fused-ring (bicyclic) bond motifs is 1. The van der Waals surface area contributed by atoms with Crippen molar-refractivity contribution in [2.45, 2.75) is 31.3 Å². The fraction of sp³-hybridized carbons (Fsp3) is 0.192. The first-order chi connectivity index (χ1) is 16.5. The molecule has 7 nitrogen and oxygen atoms in total. The summed E-state index contributed by atoms with van der Waals surface area (Å²) in [5.41, 5.74) is 4.17. The summed E-state index contributed by atoms with van der Waals surface area (Å²) in [6.45, 7) is 4.46. The number of nitrogens with zero attached hydrogens (tertiary/aromatic N) is 3. The molecule has 0 aliphatic heterocycles. The first kappa shape index (κ1) is 22.0. The molecule has 5 aromatic rings. The molecule has 0 saturated heterocycles. The summed E-state index contributed by atoms with van der Waals surface area (Å²) in [5, 5.41) is 10.6. The Morgan fingerprint density at radius 2 is 1.88 bits per heavy atom. The molecule has 0 radical (unpaired) electrons. The number of aryl methyl sites for hydroxylation is 2. The van der Waals surface area contributed by atoms with Gasteiger partial charge < -0.3 is 13.6 Å². The van der Waals surface area contributed by atoms with Crippen molar-refractivity contribution in [1.82, 2.24) is 14.8 Å². The van der Waals surface area contributed by atoms with Crippen molar-refractivity contribution in [2.75, 3.05) is 7.11 Å². The lowest BCUT2D eigenvalue weighted by Crippen LogP contribution is -2.04. The summed E-state index contributed by atoms with van der Waals surface area (Å²) >= 11 is 1.52. The molecule has 34 heavy (non-hydrogen) atoms. The molecule has 0 N–H and O–H groups in total. The number of rotatable bonds is 7. The van der Waals surface area contributed by atoms with E-state index in [1.807, 2.05) is 66.9 Å². The van der Waals surface area contributed by atoms with Crippen molar-refractivity contribution in [1.29, 1.82) is 0 Å². The number of hydrogen-bond donors (Lipinski definition) is 0. The van der Waals surface area contributed by atoms with Crippen LogP contribution in [0, 0.1) is 13.8 Å². The van der Waals surface area contributed by atoms with E-state index in [0.717, 1.165) is 50.1 Å². The molecule has 0 spiro atoms. The maximum absolute atomic E-state index is 12.3. The van der Waals surface area contributed by atoms with Gasteiger partial charge in [0.2, 0.25) is 0 Å². The van der Waals surface area contributed by atoms with E-state index in [-0.39, 0.29) is 5.63 Å². The summed E-state index contributed by atoms with van der Waals surface area (Å²) in [6, 6.07) is 17.1. The molecular formula is C26H23N3O4S. The van der Waals surface area contributed by atoms with Crippen LogP contribution in [0.3, 0.4) is 0 Å². The van der Waals surface area contributed by atoms with Crippen LogP contribution in [-0.2, 0) is 12.3 Å². The Bertz CT molecular complexity index is 1500. The van der Waals surface area contributed by atoms with E-state index in [4.69, 9.17) is 13.6 Å². The smallest absolute Gasteiger partial charge is 0.336 e. The second kappa shape index (κ2) is 9.23. The van der Waals surface area contributed by atoms with E-state index in [9.17, 15) is 4.79 Å². The number of ether oxygens (including phenoxy) is 1. The van der Waals surface area contributed by atoms with Crippen LogP contribution in [0.25, 0.3) is 22.4 Å². The van der Waals surface area contributed by atoms with E-state index in [1.165, 1.54) is 11.8 Å². The maximum Gasteiger partial charge on any atom is 0.336 e. The Morgan fingerprint density at radius 1 is 1.06 bits per heavy atom. The van der Waals surface area contributed by atoms with Gasteiger partial charge in [-0.2, -0.15) is 0 Å². The Hall–Kier alpha value is -3.78. The maximum atomic E-state index is 12.3. The van der Waals surface area contributed by atoms with E-state index in [0.29, 0.717) is 17.9 Å². The van der Waals surface area contributed by atoms with E-state index >= 15 is 0 Å². The van der Waals surface area contributed by atoms with Gasteiger partial charge in [-0.3, -0.25) is 4.57 Å². The first-order valence-corrected chi connectivity index (χ1v) is 11.8. The molecule has 0 amide bonds. The molecule has 5 rings (SSSR count). The van der Waals surface area contributed by atoms with Crippen molar-refractivity contribution < 1.29 is 13.6 Å². The Kier molecular flexibility index (Phi) is 5.98. The minimum atomic E-state index is -0.354. The minimum absolute atomic E-state index is 0.354. The Labute approximate surface area is 200 Å². The molecule has 3 heterocycles. The van der Waals surface area contributed by atoms with Crippen LogP contribution in [-0.4, -0.2) is 21.9 Å². The van der Waals surface area contributed by atoms with Crippen LogP contribution in [0.1, 0.15) is 22.5 Å². The monoisotopic (exact) mass is 473 g/mol. The summed E-state index contributed by atoms with van der Waals surface area (Å²) in [5.74, 6) is 2.85. The van der Waals surface area contributed by atoms with Crippen LogP contribution in [0.15, 0.2) is 79.6 Å². The molecule has 0 fully saturated rings. The quantitative estimate of drug-likeness (QED) is 0.224. The highest BCUT2D eigenvalue weighted by Crippen LogP contribution is 2.31. The number of furan rings is 1. The van der Waals surface area contributed by atoms with E-state index in [2.05, 4.69) is 10.2 Å². The molecule has 0 unspecified atom stereocenters. The SMILES string of the molecule is COc1ccc(-c2nnc(SCc3cc(=O)oc4c(C)c(C)ccc34)n2Cc2ccco2)cc1. The third kappa shape index (κ3) is 4.24. The van der Waals surface area contributed by atoms with Crippen LogP contribution < -0.4 is 10.4 Å². The lowest BCUT2D eigenvalue weighted by molar-refractivity contribution is 0.415. The fourth-order valence-electron chi connectivity index (χ4n) is 3.84. The van der Waals surface area contributed by atoms with E-state index < -0.39 is 0 Å². The largest absolute Gasteiger partial charge is 0.497 e. The van der Waals surface area contributed by atoms with Crippen molar-refractivity contribution in [3.63, 3.8) is 0 Å². The van der Waals surface area contributed by atoms with E-state index in [1.54, 1.807) is 19.4 Å². The van der Waals surface area contributed by atoms with Crippen molar-refractivity contribution in [3.8, 4) is 17.1 Å². The average Bonchev–Trinajstić information content (AvgIpc) is 3.51. The predicted octanol–water partition coefficient (Wildman–Crippen LogP) is 5.61. The molecule has 0 bridgehead atoms. The van der Waals surface area contributed by atoms with Gasteiger partial charge in [-0.1, -0.05) is 23.9 Å². The summed E-state index contributed by atoms with van der Waals surface area (Å²) in [6.07, 6.45) is 1.65. The summed E-state index contributed by atoms with van der Waals surface area (Å²) in [7, 11) is 1.64. The van der Waals surface area contributed by atoms with Gasteiger partial charge in [0.15, 0.2) is 11.0 Å². The summed E-state index contributed by atoms with van der Waals surface area (Å²) in [4.78, 5) is 12.3. The van der Waals surface area contributed by atoms with Gasteiger partial charge in [-0.05, 0) is 66.9 Å². The van der Waals surface area contributed by atoms with Crippen molar-refractivity contribution >= 4 is 22.7 Å². The third-order valence-electron chi connectivity index (χ3n) is 5.83. The number of benzene rings is 2. The first-order valence-electron chi connectivity index (χ1n) is 10.8. The Balaban J connectivity index is 1.51. The number of hydrogen-bond acceptors (Lipinski definition) is 7. The molecule has 0 aliphatic rings. The average molecular weight is 474 g/mol.